The molecular weight excluding hydrogens is 253 g/mol. The Labute approximate surface area is 119 Å². The standard InChI is InChI=1S/C15H14BNO3/c1-10(18)11-3-4-15(14(16)7-11)20-9-12-8-13(19-2)5-6-17-12/h3-8H,9H2,1-2H3. The molecule has 2 aromatic rings. The van der Waals surface area contributed by atoms with Gasteiger partial charge in [0, 0.05) is 17.8 Å². The number of nitrogens with zero attached hydrogens (tertiary/aromatic N) is 1. The molecule has 0 aliphatic rings. The Morgan fingerprint density at radius 1 is 1.30 bits per heavy atom. The van der Waals surface area contributed by atoms with Crippen LogP contribution < -0.4 is 14.9 Å². The van der Waals surface area contributed by atoms with Crippen LogP contribution in [-0.4, -0.2) is 25.7 Å². The van der Waals surface area contributed by atoms with Crippen LogP contribution in [0.2, 0.25) is 0 Å². The van der Waals surface area contributed by atoms with Gasteiger partial charge in [0.15, 0.2) is 5.78 Å². The number of carbonyl (C=O) groups excluding carboxylic acids is 1. The number of methoxy groups -OCH3 is 1. The lowest BCUT2D eigenvalue weighted by Crippen LogP contribution is -2.12. The lowest BCUT2D eigenvalue weighted by Gasteiger charge is -2.10. The lowest BCUT2D eigenvalue weighted by molar-refractivity contribution is 0.101. The van der Waals surface area contributed by atoms with E-state index >= 15 is 0 Å². The van der Waals surface area contributed by atoms with E-state index in [9.17, 15) is 4.79 Å². The normalized spacial score (nSPS) is 10.1. The summed E-state index contributed by atoms with van der Waals surface area (Å²) in [4.78, 5) is 15.4. The quantitative estimate of drug-likeness (QED) is 0.610. The van der Waals surface area contributed by atoms with Gasteiger partial charge in [0.2, 0.25) is 0 Å². The molecule has 0 atom stereocenters. The highest BCUT2D eigenvalue weighted by Gasteiger charge is 2.05. The second-order valence-corrected chi connectivity index (χ2v) is 4.28. The van der Waals surface area contributed by atoms with Gasteiger partial charge in [-0.05, 0) is 25.1 Å². The Morgan fingerprint density at radius 3 is 2.75 bits per heavy atom. The zero-order valence-corrected chi connectivity index (χ0v) is 11.4. The number of aromatic nitrogens is 1. The first-order valence-electron chi connectivity index (χ1n) is 6.12. The molecule has 0 N–H and O–H groups in total. The summed E-state index contributed by atoms with van der Waals surface area (Å²) < 4.78 is 10.7. The molecule has 0 amide bonds. The van der Waals surface area contributed by atoms with E-state index in [4.69, 9.17) is 17.3 Å². The predicted octanol–water partition coefficient (Wildman–Crippen LogP) is 1.67. The molecule has 4 nitrogen and oxygen atoms in total. The van der Waals surface area contributed by atoms with Gasteiger partial charge in [-0.2, -0.15) is 0 Å². The number of rotatable bonds is 5. The van der Waals surface area contributed by atoms with Crippen molar-refractivity contribution in [3.8, 4) is 11.5 Å². The molecule has 1 aromatic carbocycles. The Bertz CT molecular complexity index is 628. The zero-order valence-electron chi connectivity index (χ0n) is 11.4. The monoisotopic (exact) mass is 267 g/mol. The van der Waals surface area contributed by atoms with Gasteiger partial charge < -0.3 is 9.47 Å². The summed E-state index contributed by atoms with van der Waals surface area (Å²) in [5.41, 5.74) is 1.73. The van der Waals surface area contributed by atoms with Gasteiger partial charge >= 0.3 is 0 Å². The number of pyridine rings is 1. The highest BCUT2D eigenvalue weighted by atomic mass is 16.5. The van der Waals surface area contributed by atoms with E-state index in [0.29, 0.717) is 16.8 Å². The van der Waals surface area contributed by atoms with Crippen LogP contribution in [0.15, 0.2) is 36.5 Å². The maximum Gasteiger partial charge on any atom is 0.159 e. The van der Waals surface area contributed by atoms with Crippen LogP contribution in [-0.2, 0) is 6.61 Å². The molecule has 2 radical (unpaired) electrons. The molecule has 0 saturated carbocycles. The van der Waals surface area contributed by atoms with Gasteiger partial charge in [0.1, 0.15) is 26.0 Å². The number of hydrogen-bond acceptors (Lipinski definition) is 4. The topological polar surface area (TPSA) is 48.4 Å². The van der Waals surface area contributed by atoms with E-state index in [0.717, 1.165) is 11.4 Å². The second-order valence-electron chi connectivity index (χ2n) is 4.28. The summed E-state index contributed by atoms with van der Waals surface area (Å²) in [6, 6.07) is 8.54. The Balaban J connectivity index is 2.08. The summed E-state index contributed by atoms with van der Waals surface area (Å²) >= 11 is 0. The van der Waals surface area contributed by atoms with Crippen LogP contribution in [0.1, 0.15) is 23.0 Å². The molecule has 2 rings (SSSR count). The van der Waals surface area contributed by atoms with Gasteiger partial charge in [-0.1, -0.05) is 11.5 Å². The third-order valence-electron chi connectivity index (χ3n) is 2.82. The van der Waals surface area contributed by atoms with Crippen LogP contribution in [0.4, 0.5) is 0 Å². The maximum atomic E-state index is 11.2. The van der Waals surface area contributed by atoms with Gasteiger partial charge in [-0.15, -0.1) is 0 Å². The van der Waals surface area contributed by atoms with Crippen LogP contribution in [0.3, 0.4) is 0 Å². The van der Waals surface area contributed by atoms with Crippen LogP contribution >= 0.6 is 0 Å². The predicted molar refractivity (Wildman–Crippen MR) is 77.0 cm³/mol. The van der Waals surface area contributed by atoms with Crippen molar-refractivity contribution in [2.75, 3.05) is 7.11 Å². The van der Waals surface area contributed by atoms with Crippen molar-refractivity contribution in [1.29, 1.82) is 0 Å². The molecule has 100 valence electrons. The third kappa shape index (κ3) is 3.38. The second kappa shape index (κ2) is 6.24. The van der Waals surface area contributed by atoms with Crippen molar-refractivity contribution in [3.05, 3.63) is 47.8 Å². The first kappa shape index (κ1) is 14.1. The molecule has 1 aromatic heterocycles. The summed E-state index contributed by atoms with van der Waals surface area (Å²) in [5.74, 6) is 1.22. The molecule has 0 saturated heterocycles. The van der Waals surface area contributed by atoms with Crippen molar-refractivity contribution >= 4 is 19.1 Å². The molecule has 0 aliphatic heterocycles. The maximum absolute atomic E-state index is 11.2. The van der Waals surface area contributed by atoms with Gasteiger partial charge in [0.25, 0.3) is 0 Å². The van der Waals surface area contributed by atoms with E-state index in [1.54, 1.807) is 43.6 Å². The van der Waals surface area contributed by atoms with Gasteiger partial charge in [0.05, 0.1) is 12.8 Å². The average molecular weight is 267 g/mol. The van der Waals surface area contributed by atoms with Crippen molar-refractivity contribution in [2.24, 2.45) is 0 Å². The highest BCUT2D eigenvalue weighted by molar-refractivity contribution is 6.34. The molecule has 0 fully saturated rings. The molecule has 0 spiro atoms. The zero-order chi connectivity index (χ0) is 14.5. The molecule has 0 aliphatic carbocycles. The number of Topliss-reactive ketones (excluding diaryl/α,β-unsaturated/α-hetero) is 1. The van der Waals surface area contributed by atoms with Crippen molar-refractivity contribution < 1.29 is 14.3 Å². The lowest BCUT2D eigenvalue weighted by atomic mass is 9.92. The van der Waals surface area contributed by atoms with E-state index in [2.05, 4.69) is 4.98 Å². The van der Waals surface area contributed by atoms with Crippen molar-refractivity contribution in [3.63, 3.8) is 0 Å². The van der Waals surface area contributed by atoms with E-state index < -0.39 is 0 Å². The van der Waals surface area contributed by atoms with Crippen LogP contribution in [0.25, 0.3) is 0 Å². The fraction of sp³-hybridized carbons (Fsp3) is 0.200. The fourth-order valence-electron chi connectivity index (χ4n) is 1.71. The minimum absolute atomic E-state index is 0.0299. The van der Waals surface area contributed by atoms with Gasteiger partial charge in [-0.3, -0.25) is 9.78 Å². The number of carbonyl (C=O) groups is 1. The molecule has 1 heterocycles. The smallest absolute Gasteiger partial charge is 0.159 e. The summed E-state index contributed by atoms with van der Waals surface area (Å²) in [7, 11) is 7.45. The first-order chi connectivity index (χ1) is 9.60. The first-order valence-corrected chi connectivity index (χ1v) is 6.12. The average Bonchev–Trinajstić information content (AvgIpc) is 2.46. The number of ether oxygens (including phenoxy) is 2. The van der Waals surface area contributed by atoms with Crippen LogP contribution in [0.5, 0.6) is 11.5 Å². The SMILES string of the molecule is [B]c1cc(C(C)=O)ccc1OCc1cc(OC)ccn1. The minimum Gasteiger partial charge on any atom is -0.497 e. The molecule has 5 heteroatoms. The Kier molecular flexibility index (Phi) is 4.40. The number of benzene rings is 1. The fourth-order valence-corrected chi connectivity index (χ4v) is 1.71. The molecular formula is C15H14BNO3. The van der Waals surface area contributed by atoms with Crippen molar-refractivity contribution in [2.45, 2.75) is 13.5 Å². The summed E-state index contributed by atoms with van der Waals surface area (Å²) in [5, 5.41) is 0. The highest BCUT2D eigenvalue weighted by Crippen LogP contribution is 2.14. The molecule has 20 heavy (non-hydrogen) atoms. The van der Waals surface area contributed by atoms with Crippen LogP contribution in [0, 0.1) is 0 Å². The molecule has 0 unspecified atom stereocenters. The summed E-state index contributed by atoms with van der Waals surface area (Å²) in [6.45, 7) is 1.77. The summed E-state index contributed by atoms with van der Waals surface area (Å²) in [6.07, 6.45) is 1.65. The third-order valence-corrected chi connectivity index (χ3v) is 2.82. The largest absolute Gasteiger partial charge is 0.497 e. The number of hydrogen-bond donors (Lipinski definition) is 0. The van der Waals surface area contributed by atoms with E-state index in [1.807, 2.05) is 0 Å². The minimum atomic E-state index is -0.0299. The van der Waals surface area contributed by atoms with Crippen molar-refractivity contribution in [1.82, 2.24) is 4.98 Å². The Morgan fingerprint density at radius 2 is 2.10 bits per heavy atom. The Hall–Kier alpha value is -2.30. The van der Waals surface area contributed by atoms with E-state index in [-0.39, 0.29) is 12.4 Å². The molecule has 0 bridgehead atoms. The van der Waals surface area contributed by atoms with E-state index in [1.165, 1.54) is 6.92 Å². The van der Waals surface area contributed by atoms with Gasteiger partial charge in [-0.25, -0.2) is 0 Å². The number of ketones is 1.